The maximum atomic E-state index is 11.4. The van der Waals surface area contributed by atoms with E-state index in [1.807, 2.05) is 0 Å². The van der Waals surface area contributed by atoms with Gasteiger partial charge < -0.3 is 0 Å². The average Bonchev–Trinajstić information content (AvgIpc) is 2.76. The van der Waals surface area contributed by atoms with Crippen LogP contribution in [-0.4, -0.2) is 14.7 Å². The molecule has 0 saturated carbocycles. The predicted octanol–water partition coefficient (Wildman–Crippen LogP) is 1.80. The summed E-state index contributed by atoms with van der Waals surface area (Å²) in [4.78, 5) is 11.6. The molecule has 0 unspecified atom stereocenters. The third kappa shape index (κ3) is 2.84. The number of thiophene rings is 1. The maximum absolute atomic E-state index is 11.4. The number of aldehydes is 1. The highest BCUT2D eigenvalue weighted by Crippen LogP contribution is 2.21. The van der Waals surface area contributed by atoms with Crippen LogP contribution in [0.2, 0.25) is 0 Å². The van der Waals surface area contributed by atoms with Crippen LogP contribution in [-0.2, 0) is 16.4 Å². The second-order valence-corrected chi connectivity index (χ2v) is 6.32. The predicted molar refractivity (Wildman–Crippen MR) is 70.3 cm³/mol. The van der Waals surface area contributed by atoms with E-state index in [9.17, 15) is 13.2 Å². The van der Waals surface area contributed by atoms with E-state index in [1.165, 1.54) is 17.4 Å². The Morgan fingerprint density at radius 1 is 1.28 bits per heavy atom. The molecule has 0 atom stereocenters. The molecule has 0 aliphatic heterocycles. The van der Waals surface area contributed by atoms with E-state index in [0.717, 1.165) is 11.2 Å². The van der Waals surface area contributed by atoms with Crippen LogP contribution in [0, 0.1) is 0 Å². The Balaban J connectivity index is 2.37. The molecule has 4 nitrogen and oxygen atoms in total. The Bertz CT molecular complexity index is 674. The zero-order chi connectivity index (χ0) is 13.2. The lowest BCUT2D eigenvalue weighted by atomic mass is 10.1. The van der Waals surface area contributed by atoms with E-state index in [0.29, 0.717) is 17.5 Å². The molecule has 2 aromatic rings. The smallest absolute Gasteiger partial charge is 0.238 e. The molecule has 94 valence electrons. The molecule has 1 heterocycles. The first-order valence-corrected chi connectivity index (χ1v) is 7.56. The SMILES string of the molecule is NS(=O)(=O)c1ccccc1Cc1cc(C=O)cs1. The summed E-state index contributed by atoms with van der Waals surface area (Å²) in [5.74, 6) is 0. The minimum Gasteiger partial charge on any atom is -0.298 e. The van der Waals surface area contributed by atoms with Crippen molar-refractivity contribution >= 4 is 27.6 Å². The topological polar surface area (TPSA) is 77.2 Å². The average molecular weight is 281 g/mol. The third-order valence-electron chi connectivity index (χ3n) is 2.45. The minimum atomic E-state index is -3.72. The molecule has 0 amide bonds. The Morgan fingerprint density at radius 2 is 2.00 bits per heavy atom. The van der Waals surface area contributed by atoms with Gasteiger partial charge in [0.2, 0.25) is 10.0 Å². The Kier molecular flexibility index (Phi) is 3.60. The number of sulfonamides is 1. The molecule has 2 rings (SSSR count). The van der Waals surface area contributed by atoms with Gasteiger partial charge in [0.1, 0.15) is 0 Å². The number of nitrogens with two attached hydrogens (primary N) is 1. The fourth-order valence-electron chi connectivity index (χ4n) is 1.67. The number of primary sulfonamides is 1. The van der Waals surface area contributed by atoms with Crippen molar-refractivity contribution in [2.75, 3.05) is 0 Å². The van der Waals surface area contributed by atoms with Crippen LogP contribution < -0.4 is 5.14 Å². The molecule has 2 N–H and O–H groups in total. The van der Waals surface area contributed by atoms with Gasteiger partial charge in [-0.2, -0.15) is 0 Å². The highest BCUT2D eigenvalue weighted by atomic mass is 32.2. The van der Waals surface area contributed by atoms with Gasteiger partial charge in [-0.1, -0.05) is 18.2 Å². The largest absolute Gasteiger partial charge is 0.298 e. The minimum absolute atomic E-state index is 0.131. The lowest BCUT2D eigenvalue weighted by Crippen LogP contribution is -2.14. The molecule has 1 aromatic carbocycles. The highest BCUT2D eigenvalue weighted by Gasteiger charge is 2.13. The van der Waals surface area contributed by atoms with Gasteiger partial charge in [-0.15, -0.1) is 11.3 Å². The van der Waals surface area contributed by atoms with Crippen molar-refractivity contribution in [2.45, 2.75) is 11.3 Å². The van der Waals surface area contributed by atoms with Crippen LogP contribution in [0.15, 0.2) is 40.6 Å². The molecule has 1 aromatic heterocycles. The van der Waals surface area contributed by atoms with Crippen molar-refractivity contribution in [3.63, 3.8) is 0 Å². The van der Waals surface area contributed by atoms with Crippen LogP contribution in [0.4, 0.5) is 0 Å². The van der Waals surface area contributed by atoms with Crippen molar-refractivity contribution in [3.8, 4) is 0 Å². The molecule has 0 fully saturated rings. The zero-order valence-electron chi connectivity index (χ0n) is 9.37. The van der Waals surface area contributed by atoms with Crippen LogP contribution in [0.3, 0.4) is 0 Å². The molecule has 0 saturated heterocycles. The number of rotatable bonds is 4. The molecular formula is C12H11NO3S2. The zero-order valence-corrected chi connectivity index (χ0v) is 11.0. The van der Waals surface area contributed by atoms with Gasteiger partial charge in [0.15, 0.2) is 6.29 Å². The lowest BCUT2D eigenvalue weighted by Gasteiger charge is -2.05. The molecule has 0 aliphatic rings. The van der Waals surface area contributed by atoms with Gasteiger partial charge in [0, 0.05) is 22.2 Å². The first-order valence-electron chi connectivity index (χ1n) is 5.14. The summed E-state index contributed by atoms with van der Waals surface area (Å²) in [5, 5.41) is 6.90. The van der Waals surface area contributed by atoms with Gasteiger partial charge >= 0.3 is 0 Å². The summed E-state index contributed by atoms with van der Waals surface area (Å²) < 4.78 is 22.9. The molecule has 0 aliphatic carbocycles. The molecule has 0 spiro atoms. The van der Waals surface area contributed by atoms with Crippen LogP contribution in [0.5, 0.6) is 0 Å². The fourth-order valence-corrected chi connectivity index (χ4v) is 3.30. The summed E-state index contributed by atoms with van der Waals surface area (Å²) in [7, 11) is -3.72. The van der Waals surface area contributed by atoms with Crippen molar-refractivity contribution < 1.29 is 13.2 Å². The van der Waals surface area contributed by atoms with Crippen molar-refractivity contribution in [2.24, 2.45) is 5.14 Å². The molecular weight excluding hydrogens is 270 g/mol. The Morgan fingerprint density at radius 3 is 2.61 bits per heavy atom. The van der Waals surface area contributed by atoms with E-state index in [1.54, 1.807) is 29.6 Å². The summed E-state index contributed by atoms with van der Waals surface area (Å²) in [5.41, 5.74) is 1.24. The van der Waals surface area contributed by atoms with Gasteiger partial charge in [-0.25, -0.2) is 13.6 Å². The van der Waals surface area contributed by atoms with E-state index in [-0.39, 0.29) is 4.90 Å². The van der Waals surface area contributed by atoms with Crippen molar-refractivity contribution in [1.82, 2.24) is 0 Å². The van der Waals surface area contributed by atoms with Gasteiger partial charge in [0.05, 0.1) is 4.90 Å². The van der Waals surface area contributed by atoms with E-state index in [4.69, 9.17) is 5.14 Å². The van der Waals surface area contributed by atoms with E-state index >= 15 is 0 Å². The Labute approximate surface area is 109 Å². The van der Waals surface area contributed by atoms with Gasteiger partial charge in [-0.05, 0) is 17.7 Å². The van der Waals surface area contributed by atoms with Crippen molar-refractivity contribution in [3.05, 3.63) is 51.7 Å². The van der Waals surface area contributed by atoms with Crippen LogP contribution in [0.25, 0.3) is 0 Å². The maximum Gasteiger partial charge on any atom is 0.238 e. The number of hydrogen-bond acceptors (Lipinski definition) is 4. The van der Waals surface area contributed by atoms with E-state index < -0.39 is 10.0 Å². The highest BCUT2D eigenvalue weighted by molar-refractivity contribution is 7.89. The number of benzene rings is 1. The first-order chi connectivity index (χ1) is 8.50. The van der Waals surface area contributed by atoms with Gasteiger partial charge in [-0.3, -0.25) is 4.79 Å². The fraction of sp³-hybridized carbons (Fsp3) is 0.0833. The summed E-state index contributed by atoms with van der Waals surface area (Å²) in [6.07, 6.45) is 1.22. The number of carbonyl (C=O) groups is 1. The number of hydrogen-bond donors (Lipinski definition) is 1. The van der Waals surface area contributed by atoms with Gasteiger partial charge in [0.25, 0.3) is 0 Å². The molecule has 0 bridgehead atoms. The first kappa shape index (κ1) is 12.9. The monoisotopic (exact) mass is 281 g/mol. The number of carbonyl (C=O) groups excluding carboxylic acids is 1. The standard InChI is InChI=1S/C12H11NO3S2/c13-18(15,16)12-4-2-1-3-10(12)6-11-5-9(7-14)8-17-11/h1-5,7-8H,6H2,(H2,13,15,16). The van der Waals surface area contributed by atoms with Crippen molar-refractivity contribution in [1.29, 1.82) is 0 Å². The van der Waals surface area contributed by atoms with Crippen LogP contribution in [0.1, 0.15) is 20.8 Å². The Hall–Kier alpha value is -1.50. The summed E-state index contributed by atoms with van der Waals surface area (Å²) >= 11 is 1.42. The summed E-state index contributed by atoms with van der Waals surface area (Å²) in [6, 6.07) is 8.35. The third-order valence-corrected chi connectivity index (χ3v) is 4.42. The quantitative estimate of drug-likeness (QED) is 0.868. The molecule has 6 heteroatoms. The second kappa shape index (κ2) is 5.01. The normalized spacial score (nSPS) is 11.4. The molecule has 0 radical (unpaired) electrons. The lowest BCUT2D eigenvalue weighted by molar-refractivity contribution is 0.112. The van der Waals surface area contributed by atoms with Crippen LogP contribution >= 0.6 is 11.3 Å². The second-order valence-electron chi connectivity index (χ2n) is 3.79. The van der Waals surface area contributed by atoms with E-state index in [2.05, 4.69) is 0 Å². The molecule has 18 heavy (non-hydrogen) atoms. The summed E-state index contributed by atoms with van der Waals surface area (Å²) in [6.45, 7) is 0.